The van der Waals surface area contributed by atoms with E-state index in [1.54, 1.807) is 12.1 Å². The standard InChI is InChI=1S/C19H24F3N3O3S/c1-2-13-28-14-7-9-15(10-8-14)29(26,27)23-11-12-25-17-6-4-3-5-16(17)18(24-25)19(20,21)22/h7-10,23H,2-6,11-13H2,1H3. The van der Waals surface area contributed by atoms with Crippen LogP contribution in [-0.4, -0.2) is 31.3 Å². The maximum atomic E-state index is 13.2. The van der Waals surface area contributed by atoms with Gasteiger partial charge in [0, 0.05) is 17.8 Å². The maximum Gasteiger partial charge on any atom is 0.435 e. The summed E-state index contributed by atoms with van der Waals surface area (Å²) in [5, 5.41) is 3.74. The van der Waals surface area contributed by atoms with Gasteiger partial charge in [0.1, 0.15) is 5.75 Å². The molecule has 1 aliphatic rings. The van der Waals surface area contributed by atoms with Crippen molar-refractivity contribution in [2.45, 2.75) is 56.6 Å². The van der Waals surface area contributed by atoms with Crippen LogP contribution in [0.25, 0.3) is 0 Å². The Morgan fingerprint density at radius 1 is 1.17 bits per heavy atom. The van der Waals surface area contributed by atoms with E-state index in [0.717, 1.165) is 12.8 Å². The highest BCUT2D eigenvalue weighted by Gasteiger charge is 2.39. The van der Waals surface area contributed by atoms with Gasteiger partial charge in [-0.3, -0.25) is 4.68 Å². The maximum absolute atomic E-state index is 13.2. The molecule has 6 nitrogen and oxygen atoms in total. The fourth-order valence-corrected chi connectivity index (χ4v) is 4.41. The molecule has 0 atom stereocenters. The number of hydrogen-bond acceptors (Lipinski definition) is 4. The molecular weight excluding hydrogens is 407 g/mol. The lowest BCUT2D eigenvalue weighted by atomic mass is 9.95. The third-order valence-corrected chi connectivity index (χ3v) is 6.22. The van der Waals surface area contributed by atoms with Gasteiger partial charge in [-0.2, -0.15) is 18.3 Å². The topological polar surface area (TPSA) is 73.2 Å². The molecule has 10 heteroatoms. The smallest absolute Gasteiger partial charge is 0.435 e. The second kappa shape index (κ2) is 8.74. The number of rotatable bonds is 8. The minimum atomic E-state index is -4.51. The van der Waals surface area contributed by atoms with Crippen LogP contribution in [-0.2, 0) is 35.6 Å². The fourth-order valence-electron chi connectivity index (χ4n) is 3.39. The summed E-state index contributed by atoms with van der Waals surface area (Å²) >= 11 is 0. The number of halogens is 3. The molecule has 0 spiro atoms. The minimum absolute atomic E-state index is 0.0370. The quantitative estimate of drug-likeness (QED) is 0.694. The monoisotopic (exact) mass is 431 g/mol. The number of ether oxygens (including phenoxy) is 1. The van der Waals surface area contributed by atoms with Gasteiger partial charge in [-0.05, 0) is 56.4 Å². The van der Waals surface area contributed by atoms with Crippen LogP contribution in [0.15, 0.2) is 29.2 Å². The van der Waals surface area contributed by atoms with Gasteiger partial charge in [0.05, 0.1) is 18.0 Å². The van der Waals surface area contributed by atoms with Crippen molar-refractivity contribution in [1.29, 1.82) is 0 Å². The van der Waals surface area contributed by atoms with Crippen molar-refractivity contribution in [1.82, 2.24) is 14.5 Å². The van der Waals surface area contributed by atoms with Crippen molar-refractivity contribution >= 4 is 10.0 Å². The van der Waals surface area contributed by atoms with Crippen molar-refractivity contribution in [3.8, 4) is 5.75 Å². The van der Waals surface area contributed by atoms with Gasteiger partial charge >= 0.3 is 6.18 Å². The molecule has 2 aromatic rings. The van der Waals surface area contributed by atoms with Crippen molar-refractivity contribution in [3.05, 3.63) is 41.2 Å². The van der Waals surface area contributed by atoms with E-state index in [4.69, 9.17) is 4.74 Å². The molecule has 0 radical (unpaired) electrons. The highest BCUT2D eigenvalue weighted by molar-refractivity contribution is 7.89. The lowest BCUT2D eigenvalue weighted by Gasteiger charge is -2.15. The predicted octanol–water partition coefficient (Wildman–Crippen LogP) is 3.55. The van der Waals surface area contributed by atoms with Gasteiger partial charge in [-0.25, -0.2) is 13.1 Å². The van der Waals surface area contributed by atoms with Crippen LogP contribution in [0.1, 0.15) is 43.1 Å². The molecule has 0 saturated heterocycles. The first-order valence-electron chi connectivity index (χ1n) is 9.60. The molecule has 160 valence electrons. The molecule has 1 aromatic carbocycles. The van der Waals surface area contributed by atoms with Crippen LogP contribution in [0, 0.1) is 0 Å². The van der Waals surface area contributed by atoms with E-state index in [-0.39, 0.29) is 23.5 Å². The molecule has 0 saturated carbocycles. The Labute approximate surface area is 168 Å². The number of nitrogens with zero attached hydrogens (tertiary/aromatic N) is 2. The minimum Gasteiger partial charge on any atom is -0.494 e. The predicted molar refractivity (Wildman–Crippen MR) is 101 cm³/mol. The average Bonchev–Trinajstić information content (AvgIpc) is 3.06. The molecule has 1 heterocycles. The van der Waals surface area contributed by atoms with Crippen LogP contribution < -0.4 is 9.46 Å². The first kappa shape index (κ1) is 21.6. The van der Waals surface area contributed by atoms with Crippen LogP contribution in [0.2, 0.25) is 0 Å². The van der Waals surface area contributed by atoms with E-state index in [1.807, 2.05) is 6.92 Å². The molecule has 0 amide bonds. The van der Waals surface area contributed by atoms with Crippen LogP contribution in [0.5, 0.6) is 5.75 Å². The molecule has 1 aliphatic carbocycles. The number of benzene rings is 1. The molecule has 0 aliphatic heterocycles. The van der Waals surface area contributed by atoms with Crippen LogP contribution >= 0.6 is 0 Å². The Kier molecular flexibility index (Phi) is 6.52. The van der Waals surface area contributed by atoms with Gasteiger partial charge in [-0.1, -0.05) is 6.92 Å². The zero-order valence-corrected chi connectivity index (χ0v) is 16.9. The number of fused-ring (bicyclic) bond motifs is 1. The van der Waals surface area contributed by atoms with Crippen LogP contribution in [0.3, 0.4) is 0 Å². The summed E-state index contributed by atoms with van der Waals surface area (Å²) in [7, 11) is -3.78. The molecule has 29 heavy (non-hydrogen) atoms. The second-order valence-electron chi connectivity index (χ2n) is 6.92. The van der Waals surface area contributed by atoms with Crippen molar-refractivity contribution in [2.24, 2.45) is 0 Å². The summed E-state index contributed by atoms with van der Waals surface area (Å²) in [6, 6.07) is 6.02. The number of hydrogen-bond donors (Lipinski definition) is 1. The Morgan fingerprint density at radius 2 is 1.86 bits per heavy atom. The summed E-state index contributed by atoms with van der Waals surface area (Å²) in [6.45, 7) is 2.49. The Hall–Kier alpha value is -2.07. The molecule has 1 N–H and O–H groups in total. The van der Waals surface area contributed by atoms with E-state index < -0.39 is 21.9 Å². The number of sulfonamides is 1. The lowest BCUT2D eigenvalue weighted by Crippen LogP contribution is -2.28. The zero-order valence-electron chi connectivity index (χ0n) is 16.1. The van der Waals surface area contributed by atoms with Gasteiger partial charge in [-0.15, -0.1) is 0 Å². The number of alkyl halides is 3. The average molecular weight is 431 g/mol. The highest BCUT2D eigenvalue weighted by atomic mass is 32.2. The fraction of sp³-hybridized carbons (Fsp3) is 0.526. The lowest BCUT2D eigenvalue weighted by molar-refractivity contribution is -0.142. The van der Waals surface area contributed by atoms with Gasteiger partial charge in [0.15, 0.2) is 5.69 Å². The van der Waals surface area contributed by atoms with Gasteiger partial charge in [0.2, 0.25) is 10.0 Å². The Balaban J connectivity index is 1.67. The van der Waals surface area contributed by atoms with E-state index in [2.05, 4.69) is 9.82 Å². The van der Waals surface area contributed by atoms with E-state index in [9.17, 15) is 21.6 Å². The Bertz CT molecular complexity index is 938. The summed E-state index contributed by atoms with van der Waals surface area (Å²) in [4.78, 5) is 0.0693. The van der Waals surface area contributed by atoms with Gasteiger partial charge in [0.25, 0.3) is 0 Å². The normalized spacial score (nSPS) is 14.6. The first-order chi connectivity index (χ1) is 13.7. The summed E-state index contributed by atoms with van der Waals surface area (Å²) in [6.07, 6.45) is -1.30. The Morgan fingerprint density at radius 3 is 2.52 bits per heavy atom. The number of aromatic nitrogens is 2. The highest BCUT2D eigenvalue weighted by Crippen LogP contribution is 2.35. The number of nitrogens with one attached hydrogen (secondary N) is 1. The van der Waals surface area contributed by atoms with Crippen molar-refractivity contribution in [3.63, 3.8) is 0 Å². The summed E-state index contributed by atoms with van der Waals surface area (Å²) in [5.74, 6) is 0.577. The van der Waals surface area contributed by atoms with Crippen molar-refractivity contribution in [2.75, 3.05) is 13.2 Å². The molecule has 0 fully saturated rings. The molecule has 0 unspecified atom stereocenters. The molecule has 1 aromatic heterocycles. The third-order valence-electron chi connectivity index (χ3n) is 4.75. The largest absolute Gasteiger partial charge is 0.494 e. The van der Waals surface area contributed by atoms with E-state index in [1.165, 1.54) is 16.8 Å². The third kappa shape index (κ3) is 5.11. The van der Waals surface area contributed by atoms with Crippen LogP contribution in [0.4, 0.5) is 13.2 Å². The van der Waals surface area contributed by atoms with E-state index >= 15 is 0 Å². The molecule has 0 bridgehead atoms. The molecule has 3 rings (SSSR count). The van der Waals surface area contributed by atoms with Crippen molar-refractivity contribution < 1.29 is 26.3 Å². The second-order valence-corrected chi connectivity index (χ2v) is 8.69. The SMILES string of the molecule is CCCOc1ccc(S(=O)(=O)NCCn2nc(C(F)(F)F)c3c2CCCC3)cc1. The van der Waals surface area contributed by atoms with Gasteiger partial charge < -0.3 is 4.74 Å². The summed E-state index contributed by atoms with van der Waals surface area (Å²) in [5.41, 5.74) is -0.0489. The first-order valence-corrected chi connectivity index (χ1v) is 11.1. The zero-order chi connectivity index (χ0) is 21.1. The molecular formula is C19H24F3N3O3S. The summed E-state index contributed by atoms with van der Waals surface area (Å²) < 4.78 is 73.7. The van der Waals surface area contributed by atoms with E-state index in [0.29, 0.717) is 37.3 Å².